The summed E-state index contributed by atoms with van der Waals surface area (Å²) in [4.78, 5) is 4.50. The molecule has 0 aliphatic heterocycles. The lowest BCUT2D eigenvalue weighted by Crippen LogP contribution is -2.24. The van der Waals surface area contributed by atoms with E-state index in [2.05, 4.69) is 38.7 Å². The topological polar surface area (TPSA) is 54.8 Å². The summed E-state index contributed by atoms with van der Waals surface area (Å²) in [5.41, 5.74) is 5.59. The van der Waals surface area contributed by atoms with Crippen LogP contribution in [0.5, 0.6) is 0 Å². The van der Waals surface area contributed by atoms with Crippen LogP contribution in [-0.4, -0.2) is 15.2 Å². The van der Waals surface area contributed by atoms with E-state index in [1.807, 2.05) is 65.3 Å². The van der Waals surface area contributed by atoms with Gasteiger partial charge in [0.2, 0.25) is 0 Å². The molecule has 3 aromatic heterocycles. The Balaban J connectivity index is 1.66. The van der Waals surface area contributed by atoms with E-state index >= 15 is 0 Å². The van der Waals surface area contributed by atoms with Crippen molar-refractivity contribution in [3.8, 4) is 0 Å². The number of aromatic nitrogens is 4. The van der Waals surface area contributed by atoms with Crippen LogP contribution in [0, 0.1) is 0 Å². The largest absolute Gasteiger partial charge is 0.355 e. The lowest BCUT2D eigenvalue weighted by molar-refractivity contribution is -0.485. The summed E-state index contributed by atoms with van der Waals surface area (Å²) in [5, 5.41) is 13.1. The molecule has 0 saturated heterocycles. The first-order chi connectivity index (χ1) is 12.4. The highest BCUT2D eigenvalue weighted by atomic mass is 15.2. The third-order valence-corrected chi connectivity index (χ3v) is 4.25. The SMILES string of the molecule is c1cnc2c(Nc3ccc4nnc5cccc[n+]5c4c3)cccc2c1. The zero-order chi connectivity index (χ0) is 16.6. The van der Waals surface area contributed by atoms with Crippen LogP contribution in [-0.2, 0) is 0 Å². The summed E-state index contributed by atoms with van der Waals surface area (Å²) in [6, 6.07) is 22.1. The summed E-state index contributed by atoms with van der Waals surface area (Å²) < 4.78 is 2.04. The number of nitrogens with one attached hydrogen (secondary N) is 1. The van der Waals surface area contributed by atoms with Crippen LogP contribution >= 0.6 is 0 Å². The fourth-order valence-corrected chi connectivity index (χ4v) is 3.06. The molecule has 0 bridgehead atoms. The number of pyridine rings is 2. The van der Waals surface area contributed by atoms with Gasteiger partial charge in [-0.3, -0.25) is 4.98 Å². The average molecular weight is 324 g/mol. The van der Waals surface area contributed by atoms with Gasteiger partial charge in [0, 0.05) is 29.4 Å². The predicted octanol–water partition coefficient (Wildman–Crippen LogP) is 3.66. The number of benzene rings is 2. The molecular formula is C20H14N5+. The normalized spacial score (nSPS) is 11.2. The smallest absolute Gasteiger partial charge is 0.354 e. The minimum atomic E-state index is 0.818. The second-order valence-corrected chi connectivity index (χ2v) is 5.84. The van der Waals surface area contributed by atoms with Gasteiger partial charge in [0.05, 0.1) is 22.5 Å². The number of nitrogens with zero attached hydrogens (tertiary/aromatic N) is 4. The van der Waals surface area contributed by atoms with E-state index in [0.29, 0.717) is 0 Å². The maximum Gasteiger partial charge on any atom is 0.355 e. The van der Waals surface area contributed by atoms with Gasteiger partial charge in [-0.2, -0.15) is 4.40 Å². The van der Waals surface area contributed by atoms with Gasteiger partial charge in [-0.1, -0.05) is 24.3 Å². The highest BCUT2D eigenvalue weighted by molar-refractivity contribution is 5.92. The van der Waals surface area contributed by atoms with E-state index in [-0.39, 0.29) is 0 Å². The van der Waals surface area contributed by atoms with Crippen molar-refractivity contribution in [2.24, 2.45) is 0 Å². The van der Waals surface area contributed by atoms with Gasteiger partial charge in [0.25, 0.3) is 0 Å². The highest BCUT2D eigenvalue weighted by Crippen LogP contribution is 2.25. The fraction of sp³-hybridized carbons (Fsp3) is 0. The number of hydrogen-bond donors (Lipinski definition) is 1. The molecule has 0 atom stereocenters. The van der Waals surface area contributed by atoms with Crippen molar-refractivity contribution in [2.75, 3.05) is 5.32 Å². The number of rotatable bonds is 2. The van der Waals surface area contributed by atoms with Gasteiger partial charge in [-0.05, 0) is 35.4 Å². The van der Waals surface area contributed by atoms with Gasteiger partial charge in [-0.15, -0.1) is 0 Å². The van der Waals surface area contributed by atoms with Crippen molar-refractivity contribution in [3.05, 3.63) is 79.1 Å². The van der Waals surface area contributed by atoms with Crippen LogP contribution in [0.2, 0.25) is 0 Å². The summed E-state index contributed by atoms with van der Waals surface area (Å²) >= 11 is 0. The summed E-state index contributed by atoms with van der Waals surface area (Å²) in [7, 11) is 0. The molecule has 0 spiro atoms. The second-order valence-electron chi connectivity index (χ2n) is 5.84. The minimum absolute atomic E-state index is 0.818. The fourth-order valence-electron chi connectivity index (χ4n) is 3.06. The quantitative estimate of drug-likeness (QED) is 0.398. The van der Waals surface area contributed by atoms with Crippen LogP contribution in [0.15, 0.2) is 79.1 Å². The average Bonchev–Trinajstić information content (AvgIpc) is 2.68. The van der Waals surface area contributed by atoms with Gasteiger partial charge >= 0.3 is 5.65 Å². The van der Waals surface area contributed by atoms with E-state index < -0.39 is 0 Å². The van der Waals surface area contributed by atoms with Gasteiger partial charge in [0.15, 0.2) is 11.0 Å². The molecule has 0 saturated carbocycles. The van der Waals surface area contributed by atoms with Crippen LogP contribution < -0.4 is 9.72 Å². The maximum atomic E-state index is 4.50. The van der Waals surface area contributed by atoms with E-state index in [1.165, 1.54) is 0 Å². The van der Waals surface area contributed by atoms with Crippen LogP contribution in [0.1, 0.15) is 0 Å². The molecular weight excluding hydrogens is 310 g/mol. The first-order valence-corrected chi connectivity index (χ1v) is 8.06. The summed E-state index contributed by atoms with van der Waals surface area (Å²) in [6.07, 6.45) is 3.81. The van der Waals surface area contributed by atoms with Crippen molar-refractivity contribution in [1.82, 2.24) is 15.2 Å². The predicted molar refractivity (Wildman–Crippen MR) is 97.7 cm³/mol. The molecule has 0 fully saturated rings. The molecule has 0 amide bonds. The molecule has 5 nitrogen and oxygen atoms in total. The Hall–Kier alpha value is -3.60. The van der Waals surface area contributed by atoms with Crippen LogP contribution in [0.3, 0.4) is 0 Å². The Labute approximate surface area is 143 Å². The summed E-state index contributed by atoms with van der Waals surface area (Å²) in [5.74, 6) is 0. The van der Waals surface area contributed by atoms with E-state index in [9.17, 15) is 0 Å². The number of anilines is 2. The molecule has 5 rings (SSSR count). The Morgan fingerprint density at radius 3 is 2.80 bits per heavy atom. The Bertz CT molecular complexity index is 1230. The minimum Gasteiger partial charge on any atom is -0.354 e. The van der Waals surface area contributed by atoms with Crippen LogP contribution in [0.25, 0.3) is 27.6 Å². The van der Waals surface area contributed by atoms with E-state index in [1.54, 1.807) is 0 Å². The summed E-state index contributed by atoms with van der Waals surface area (Å²) in [6.45, 7) is 0. The van der Waals surface area contributed by atoms with Crippen LogP contribution in [0.4, 0.5) is 11.4 Å². The molecule has 0 aliphatic carbocycles. The molecule has 118 valence electrons. The monoisotopic (exact) mass is 324 g/mol. The van der Waals surface area contributed by atoms with Crippen molar-refractivity contribution >= 4 is 39.0 Å². The van der Waals surface area contributed by atoms with Crippen molar-refractivity contribution < 1.29 is 4.40 Å². The lowest BCUT2D eigenvalue weighted by atomic mass is 10.2. The van der Waals surface area contributed by atoms with Crippen molar-refractivity contribution in [3.63, 3.8) is 0 Å². The zero-order valence-corrected chi connectivity index (χ0v) is 13.3. The standard InChI is InChI=1S/C20H13N5/c1-2-12-25-18-13-15(9-10-16(18)23-24-19(25)8-1)22-17-7-3-5-14-6-4-11-21-20(14)17/h1-13H/p+1. The molecule has 5 aromatic rings. The molecule has 3 heterocycles. The number of para-hydroxylation sites is 1. The molecule has 1 N–H and O–H groups in total. The zero-order valence-electron chi connectivity index (χ0n) is 13.3. The maximum absolute atomic E-state index is 4.50. The molecule has 0 unspecified atom stereocenters. The first kappa shape index (κ1) is 13.8. The Morgan fingerprint density at radius 1 is 0.840 bits per heavy atom. The number of fused-ring (bicyclic) bond motifs is 4. The molecule has 5 heteroatoms. The number of hydrogen-bond acceptors (Lipinski definition) is 4. The van der Waals surface area contributed by atoms with Gasteiger partial charge < -0.3 is 5.32 Å². The Kier molecular flexibility index (Phi) is 3.03. The van der Waals surface area contributed by atoms with Gasteiger partial charge in [-0.25, -0.2) is 0 Å². The molecule has 25 heavy (non-hydrogen) atoms. The van der Waals surface area contributed by atoms with E-state index in [4.69, 9.17) is 0 Å². The Morgan fingerprint density at radius 2 is 1.80 bits per heavy atom. The van der Waals surface area contributed by atoms with E-state index in [0.717, 1.165) is 39.0 Å². The lowest BCUT2D eigenvalue weighted by Gasteiger charge is -2.09. The molecule has 2 aromatic carbocycles. The van der Waals surface area contributed by atoms with Gasteiger partial charge in [0.1, 0.15) is 0 Å². The highest BCUT2D eigenvalue weighted by Gasteiger charge is 2.11. The third-order valence-electron chi connectivity index (χ3n) is 4.25. The molecule has 0 aliphatic rings. The van der Waals surface area contributed by atoms with Crippen molar-refractivity contribution in [1.29, 1.82) is 0 Å². The van der Waals surface area contributed by atoms with Crippen molar-refractivity contribution in [2.45, 2.75) is 0 Å². The molecule has 0 radical (unpaired) electrons. The first-order valence-electron chi connectivity index (χ1n) is 8.06. The third kappa shape index (κ3) is 2.33. The second kappa shape index (κ2) is 5.49.